The molecule has 0 saturated carbocycles. The second-order valence-corrected chi connectivity index (χ2v) is 4.23. The maximum Gasteiger partial charge on any atom is 0.0280 e. The van der Waals surface area contributed by atoms with Gasteiger partial charge in [0, 0.05) is 32.2 Å². The van der Waals surface area contributed by atoms with Gasteiger partial charge in [-0.05, 0) is 27.3 Å². The van der Waals surface area contributed by atoms with Crippen LogP contribution in [0.4, 0.5) is 0 Å². The Kier molecular flexibility index (Phi) is 14.5. The van der Waals surface area contributed by atoms with E-state index in [4.69, 9.17) is 0 Å². The summed E-state index contributed by atoms with van der Waals surface area (Å²) >= 11 is 0. The molecule has 0 aromatic rings. The molecule has 2 nitrogen and oxygen atoms in total. The Bertz CT molecular complexity index is 191. The monoisotopic (exact) mass is 256 g/mol. The van der Waals surface area contributed by atoms with E-state index in [1.807, 2.05) is 27.7 Å². The molecule has 2 heteroatoms. The summed E-state index contributed by atoms with van der Waals surface area (Å²) in [6.45, 7) is 19.6. The lowest BCUT2D eigenvalue weighted by atomic mass is 10.0. The van der Waals surface area contributed by atoms with Gasteiger partial charge in [-0.1, -0.05) is 46.3 Å². The van der Waals surface area contributed by atoms with Gasteiger partial charge in [0.15, 0.2) is 0 Å². The van der Waals surface area contributed by atoms with Crippen molar-refractivity contribution >= 4 is 0 Å². The van der Waals surface area contributed by atoms with Crippen molar-refractivity contribution in [1.82, 2.24) is 9.80 Å². The molecule has 0 aliphatic carbocycles. The van der Waals surface area contributed by atoms with Crippen LogP contribution in [0.2, 0.25) is 0 Å². The van der Waals surface area contributed by atoms with E-state index in [9.17, 15) is 0 Å². The highest BCUT2D eigenvalue weighted by Gasteiger charge is 2.20. The fraction of sp³-hybridized carbons (Fsp3) is 0.875. The summed E-state index contributed by atoms with van der Waals surface area (Å²) in [5.74, 6) is 0. The maximum atomic E-state index is 2.60. The minimum atomic E-state index is 0.638. The molecule has 0 radical (unpaired) electrons. The fourth-order valence-corrected chi connectivity index (χ4v) is 2.18. The molecule has 0 aromatic heterocycles. The first-order valence-corrected chi connectivity index (χ1v) is 7.76. The van der Waals surface area contributed by atoms with Crippen LogP contribution in [0.25, 0.3) is 0 Å². The van der Waals surface area contributed by atoms with Crippen molar-refractivity contribution in [2.45, 2.75) is 60.9 Å². The molecule has 0 amide bonds. The quantitative estimate of drug-likeness (QED) is 0.703. The average molecular weight is 256 g/mol. The number of rotatable bonds is 3. The number of hydrogen-bond acceptors (Lipinski definition) is 2. The molecular weight excluding hydrogens is 220 g/mol. The normalized spacial score (nSPS) is 19.2. The predicted octanol–water partition coefficient (Wildman–Crippen LogP) is 4.03. The van der Waals surface area contributed by atoms with Crippen molar-refractivity contribution in [2.24, 2.45) is 0 Å². The molecule has 1 atom stereocenters. The molecule has 0 bridgehead atoms. The van der Waals surface area contributed by atoms with Crippen LogP contribution in [0.3, 0.4) is 0 Å². The summed E-state index contributed by atoms with van der Waals surface area (Å²) < 4.78 is 0. The Morgan fingerprint density at radius 1 is 1.06 bits per heavy atom. The summed E-state index contributed by atoms with van der Waals surface area (Å²) in [5, 5.41) is 0. The zero-order chi connectivity index (χ0) is 14.6. The third-order valence-corrected chi connectivity index (χ3v) is 3.40. The Morgan fingerprint density at radius 2 is 1.50 bits per heavy atom. The average Bonchev–Trinajstić information content (AvgIpc) is 2.45. The molecule has 110 valence electrons. The van der Waals surface area contributed by atoms with Gasteiger partial charge < -0.3 is 4.90 Å². The largest absolute Gasteiger partial charge is 0.304 e. The van der Waals surface area contributed by atoms with E-state index in [-0.39, 0.29) is 0 Å². The molecule has 1 aliphatic heterocycles. The molecule has 1 heterocycles. The number of allylic oxidation sites excluding steroid dienone is 1. The van der Waals surface area contributed by atoms with Crippen molar-refractivity contribution in [3.8, 4) is 0 Å². The molecule has 0 N–H and O–H groups in total. The van der Waals surface area contributed by atoms with Crippen LogP contribution in [-0.4, -0.2) is 49.1 Å². The summed E-state index contributed by atoms with van der Waals surface area (Å²) in [5.41, 5.74) is 1.58. The van der Waals surface area contributed by atoms with Gasteiger partial charge in [0.2, 0.25) is 0 Å². The maximum absolute atomic E-state index is 2.60. The van der Waals surface area contributed by atoms with Crippen molar-refractivity contribution in [3.05, 3.63) is 11.6 Å². The highest BCUT2D eigenvalue weighted by molar-refractivity contribution is 5.08. The summed E-state index contributed by atoms with van der Waals surface area (Å²) in [6, 6.07) is 0.638. The zero-order valence-corrected chi connectivity index (χ0v) is 14.1. The third kappa shape index (κ3) is 7.17. The standard InChI is InChI=1S/C12H24N2.2C2H6/c1-5-12(6-2)11(3)14-9-7-13(4)8-10-14;2*1-2/h5,11H,6-10H2,1-4H3;2*1-2H3/b12-5+;;. The van der Waals surface area contributed by atoms with Gasteiger partial charge in [-0.3, -0.25) is 4.90 Å². The predicted molar refractivity (Wildman–Crippen MR) is 85.3 cm³/mol. The first-order valence-electron chi connectivity index (χ1n) is 7.76. The Balaban J connectivity index is 0. The van der Waals surface area contributed by atoms with Gasteiger partial charge in [-0.2, -0.15) is 0 Å². The third-order valence-electron chi connectivity index (χ3n) is 3.40. The number of likely N-dealkylation sites (N-methyl/N-ethyl adjacent to an activating group) is 1. The lowest BCUT2D eigenvalue weighted by Gasteiger charge is -2.37. The lowest BCUT2D eigenvalue weighted by Crippen LogP contribution is -2.48. The van der Waals surface area contributed by atoms with E-state index in [2.05, 4.69) is 43.7 Å². The van der Waals surface area contributed by atoms with Crippen LogP contribution in [0.1, 0.15) is 54.9 Å². The van der Waals surface area contributed by atoms with Crippen LogP contribution in [0.5, 0.6) is 0 Å². The minimum Gasteiger partial charge on any atom is -0.304 e. The van der Waals surface area contributed by atoms with Crippen LogP contribution in [-0.2, 0) is 0 Å². The van der Waals surface area contributed by atoms with Crippen LogP contribution in [0, 0.1) is 0 Å². The van der Waals surface area contributed by atoms with E-state index < -0.39 is 0 Å². The minimum absolute atomic E-state index is 0.638. The Hall–Kier alpha value is -0.340. The van der Waals surface area contributed by atoms with Crippen molar-refractivity contribution in [3.63, 3.8) is 0 Å². The lowest BCUT2D eigenvalue weighted by molar-refractivity contribution is 0.131. The van der Waals surface area contributed by atoms with Gasteiger partial charge in [0.05, 0.1) is 0 Å². The molecular formula is C16H36N2. The number of piperazine rings is 1. The molecule has 1 fully saturated rings. The molecule has 1 rings (SSSR count). The van der Waals surface area contributed by atoms with Gasteiger partial charge in [-0.25, -0.2) is 0 Å². The molecule has 1 aliphatic rings. The van der Waals surface area contributed by atoms with Crippen molar-refractivity contribution in [1.29, 1.82) is 0 Å². The molecule has 1 saturated heterocycles. The van der Waals surface area contributed by atoms with Gasteiger partial charge in [0.25, 0.3) is 0 Å². The number of hydrogen-bond donors (Lipinski definition) is 0. The smallest absolute Gasteiger partial charge is 0.0280 e. The molecule has 18 heavy (non-hydrogen) atoms. The van der Waals surface area contributed by atoms with E-state index in [0.717, 1.165) is 0 Å². The van der Waals surface area contributed by atoms with E-state index in [0.29, 0.717) is 6.04 Å². The zero-order valence-electron chi connectivity index (χ0n) is 14.1. The van der Waals surface area contributed by atoms with Gasteiger partial charge in [0.1, 0.15) is 0 Å². The highest BCUT2D eigenvalue weighted by Crippen LogP contribution is 2.15. The van der Waals surface area contributed by atoms with Crippen LogP contribution >= 0.6 is 0 Å². The van der Waals surface area contributed by atoms with E-state index in [1.165, 1.54) is 32.6 Å². The fourth-order valence-electron chi connectivity index (χ4n) is 2.18. The highest BCUT2D eigenvalue weighted by atomic mass is 15.3. The van der Waals surface area contributed by atoms with Crippen LogP contribution in [0.15, 0.2) is 11.6 Å². The Morgan fingerprint density at radius 3 is 1.83 bits per heavy atom. The topological polar surface area (TPSA) is 6.48 Å². The van der Waals surface area contributed by atoms with Gasteiger partial charge in [-0.15, -0.1) is 0 Å². The van der Waals surface area contributed by atoms with E-state index >= 15 is 0 Å². The van der Waals surface area contributed by atoms with Gasteiger partial charge >= 0.3 is 0 Å². The summed E-state index contributed by atoms with van der Waals surface area (Å²) in [4.78, 5) is 5.00. The van der Waals surface area contributed by atoms with Crippen molar-refractivity contribution in [2.75, 3.05) is 33.2 Å². The number of nitrogens with zero attached hydrogens (tertiary/aromatic N) is 2. The molecule has 1 unspecified atom stereocenters. The first-order chi connectivity index (χ1) is 8.69. The molecule has 0 aromatic carbocycles. The summed E-state index contributed by atoms with van der Waals surface area (Å²) in [6.07, 6.45) is 3.47. The van der Waals surface area contributed by atoms with Crippen LogP contribution < -0.4 is 0 Å². The second kappa shape index (κ2) is 13.1. The summed E-state index contributed by atoms with van der Waals surface area (Å²) in [7, 11) is 2.21. The second-order valence-electron chi connectivity index (χ2n) is 4.23. The SMILES string of the molecule is C/C=C(\CC)C(C)N1CCN(C)CC1.CC.CC. The van der Waals surface area contributed by atoms with Crippen molar-refractivity contribution < 1.29 is 0 Å². The molecule has 0 spiro atoms. The Labute approximate surface area is 116 Å². The first kappa shape index (κ1) is 20.0. The van der Waals surface area contributed by atoms with E-state index in [1.54, 1.807) is 5.57 Å².